The Kier molecular flexibility index (Phi) is 3.34. The zero-order valence-corrected chi connectivity index (χ0v) is 13.1. The second-order valence-corrected chi connectivity index (χ2v) is 6.86. The fourth-order valence-corrected chi connectivity index (χ4v) is 3.80. The number of ketones is 1. The minimum absolute atomic E-state index is 0.0705. The monoisotopic (exact) mass is 296 g/mol. The van der Waals surface area contributed by atoms with Gasteiger partial charge in [-0.3, -0.25) is 4.79 Å². The summed E-state index contributed by atoms with van der Waals surface area (Å²) in [6.07, 6.45) is 2.75. The molecule has 21 heavy (non-hydrogen) atoms. The molecule has 1 aliphatic carbocycles. The molecule has 3 rings (SSSR count). The number of rotatable bonds is 4. The summed E-state index contributed by atoms with van der Waals surface area (Å²) < 4.78 is 16.8. The second-order valence-electron chi connectivity index (χ2n) is 6.86. The summed E-state index contributed by atoms with van der Waals surface area (Å²) in [5.41, 5.74) is -1.69. The Morgan fingerprint density at radius 1 is 1.52 bits per heavy atom. The first kappa shape index (κ1) is 15.2. The van der Waals surface area contributed by atoms with Crippen LogP contribution in [0.1, 0.15) is 40.0 Å². The highest BCUT2D eigenvalue weighted by Crippen LogP contribution is 2.61. The molecule has 1 spiro atoms. The lowest BCUT2D eigenvalue weighted by molar-refractivity contribution is -0.193. The predicted molar refractivity (Wildman–Crippen MR) is 76.0 cm³/mol. The van der Waals surface area contributed by atoms with E-state index in [-0.39, 0.29) is 11.9 Å². The smallest absolute Gasteiger partial charge is 0.164 e. The van der Waals surface area contributed by atoms with Gasteiger partial charge in [0.05, 0.1) is 12.7 Å². The van der Waals surface area contributed by atoms with Gasteiger partial charge in [-0.1, -0.05) is 11.6 Å². The molecule has 3 aliphatic rings. The summed E-state index contributed by atoms with van der Waals surface area (Å²) in [5, 5.41) is 11.4. The van der Waals surface area contributed by atoms with Gasteiger partial charge >= 0.3 is 0 Å². The minimum atomic E-state index is -1.41. The van der Waals surface area contributed by atoms with E-state index in [9.17, 15) is 9.90 Å². The molecule has 118 valence electrons. The van der Waals surface area contributed by atoms with E-state index in [1.165, 1.54) is 12.7 Å². The van der Waals surface area contributed by atoms with Crippen LogP contribution in [0, 0.1) is 0 Å². The lowest BCUT2D eigenvalue weighted by atomic mass is 9.65. The Bertz CT molecular complexity index is 491. The van der Waals surface area contributed by atoms with Crippen LogP contribution in [0.15, 0.2) is 11.6 Å². The van der Waals surface area contributed by atoms with Crippen molar-refractivity contribution < 1.29 is 24.1 Å². The van der Waals surface area contributed by atoms with E-state index in [1.54, 1.807) is 0 Å². The molecule has 0 aromatic rings. The van der Waals surface area contributed by atoms with Crippen LogP contribution in [-0.2, 0) is 19.0 Å². The molecule has 0 aromatic carbocycles. The lowest BCUT2D eigenvalue weighted by Gasteiger charge is -2.45. The van der Waals surface area contributed by atoms with Crippen LogP contribution < -0.4 is 0 Å². The molecule has 1 N–H and O–H groups in total. The average Bonchev–Trinajstić information content (AvgIpc) is 3.31. The van der Waals surface area contributed by atoms with Crippen molar-refractivity contribution in [2.45, 2.75) is 69.0 Å². The standard InChI is InChI=1S/C16H24O5/c1-10(2)5-6-12-14(3,21-12)16(18)13(19-4)11(17)7-8-15(16)9-20-15/h5,12-13,18H,6-9H2,1-4H3/t12-,13+,14+,15-,16+/m1/s1. The summed E-state index contributed by atoms with van der Waals surface area (Å²) >= 11 is 0. The van der Waals surface area contributed by atoms with Crippen LogP contribution in [-0.4, -0.2) is 53.6 Å². The number of epoxide rings is 2. The van der Waals surface area contributed by atoms with Gasteiger partial charge in [0.2, 0.25) is 0 Å². The highest BCUT2D eigenvalue weighted by molar-refractivity contribution is 5.87. The molecule has 3 fully saturated rings. The second kappa shape index (κ2) is 4.62. The van der Waals surface area contributed by atoms with Crippen molar-refractivity contribution in [2.75, 3.05) is 13.7 Å². The minimum Gasteiger partial charge on any atom is -0.380 e. The number of ether oxygens (including phenoxy) is 3. The van der Waals surface area contributed by atoms with E-state index in [4.69, 9.17) is 14.2 Å². The summed E-state index contributed by atoms with van der Waals surface area (Å²) in [6.45, 7) is 6.39. The largest absolute Gasteiger partial charge is 0.380 e. The summed E-state index contributed by atoms with van der Waals surface area (Å²) in [4.78, 5) is 12.2. The van der Waals surface area contributed by atoms with Crippen LogP contribution in [0.4, 0.5) is 0 Å². The normalized spacial score (nSPS) is 48.3. The van der Waals surface area contributed by atoms with E-state index < -0.39 is 22.9 Å². The first-order valence-electron chi connectivity index (χ1n) is 7.54. The molecule has 2 saturated heterocycles. The number of carbonyl (C=O) groups is 1. The molecular formula is C16H24O5. The molecule has 2 aliphatic heterocycles. The maximum atomic E-state index is 12.2. The third kappa shape index (κ3) is 1.95. The molecule has 5 nitrogen and oxygen atoms in total. The van der Waals surface area contributed by atoms with E-state index in [1.807, 2.05) is 20.8 Å². The summed E-state index contributed by atoms with van der Waals surface area (Å²) in [5.74, 6) is -0.0705. The van der Waals surface area contributed by atoms with Crippen molar-refractivity contribution in [3.63, 3.8) is 0 Å². The lowest BCUT2D eigenvalue weighted by Crippen LogP contribution is -2.69. The Balaban J connectivity index is 1.90. The average molecular weight is 296 g/mol. The van der Waals surface area contributed by atoms with E-state index in [0.29, 0.717) is 19.4 Å². The van der Waals surface area contributed by atoms with Crippen molar-refractivity contribution in [3.8, 4) is 0 Å². The Morgan fingerprint density at radius 3 is 2.71 bits per heavy atom. The number of aliphatic hydroxyl groups is 1. The maximum Gasteiger partial charge on any atom is 0.164 e. The first-order valence-corrected chi connectivity index (χ1v) is 7.54. The van der Waals surface area contributed by atoms with Crippen LogP contribution in [0.25, 0.3) is 0 Å². The number of hydrogen-bond acceptors (Lipinski definition) is 5. The van der Waals surface area contributed by atoms with Crippen LogP contribution >= 0.6 is 0 Å². The molecule has 0 radical (unpaired) electrons. The molecule has 0 aromatic heterocycles. The fourth-order valence-electron chi connectivity index (χ4n) is 3.80. The topological polar surface area (TPSA) is 71.6 Å². The van der Waals surface area contributed by atoms with Crippen molar-refractivity contribution in [1.29, 1.82) is 0 Å². The van der Waals surface area contributed by atoms with Gasteiger partial charge in [0.25, 0.3) is 0 Å². The SMILES string of the molecule is CO[C@H]1C(=O)CC[C@@]2(CO2)[C@@]1(O)[C@@]1(C)O[C@@H]1CC=C(C)C. The number of hydrogen-bond donors (Lipinski definition) is 1. The third-order valence-corrected chi connectivity index (χ3v) is 5.31. The van der Waals surface area contributed by atoms with Crippen molar-refractivity contribution in [3.05, 3.63) is 11.6 Å². The van der Waals surface area contributed by atoms with Gasteiger partial charge in [-0.05, 0) is 33.6 Å². The van der Waals surface area contributed by atoms with Gasteiger partial charge in [-0.25, -0.2) is 0 Å². The first-order chi connectivity index (χ1) is 9.81. The molecule has 0 amide bonds. The molecular weight excluding hydrogens is 272 g/mol. The van der Waals surface area contributed by atoms with Crippen LogP contribution in [0.2, 0.25) is 0 Å². The van der Waals surface area contributed by atoms with Gasteiger partial charge in [0, 0.05) is 13.5 Å². The van der Waals surface area contributed by atoms with E-state index in [2.05, 4.69) is 6.08 Å². The molecule has 5 heteroatoms. The molecule has 5 atom stereocenters. The zero-order chi connectivity index (χ0) is 15.5. The number of Topliss-reactive ketones (excluding diaryl/α,β-unsaturated/α-hetero) is 1. The van der Waals surface area contributed by atoms with Crippen molar-refractivity contribution >= 4 is 5.78 Å². The van der Waals surface area contributed by atoms with Gasteiger partial charge in [-0.15, -0.1) is 0 Å². The number of methoxy groups -OCH3 is 1. The molecule has 2 heterocycles. The van der Waals surface area contributed by atoms with E-state index in [0.717, 1.165) is 6.42 Å². The Hall–Kier alpha value is -0.750. The number of allylic oxidation sites excluding steroid dienone is 1. The van der Waals surface area contributed by atoms with Crippen molar-refractivity contribution in [1.82, 2.24) is 0 Å². The summed E-state index contributed by atoms with van der Waals surface area (Å²) in [7, 11) is 1.46. The number of carbonyl (C=O) groups excluding carboxylic acids is 1. The highest BCUT2D eigenvalue weighted by atomic mass is 16.7. The quantitative estimate of drug-likeness (QED) is 0.627. The zero-order valence-electron chi connectivity index (χ0n) is 13.1. The van der Waals surface area contributed by atoms with Gasteiger partial charge in [0.1, 0.15) is 17.3 Å². The maximum absolute atomic E-state index is 12.2. The highest BCUT2D eigenvalue weighted by Gasteiger charge is 2.81. The Morgan fingerprint density at radius 2 is 2.19 bits per heavy atom. The van der Waals surface area contributed by atoms with Gasteiger partial charge in [-0.2, -0.15) is 0 Å². The third-order valence-electron chi connectivity index (χ3n) is 5.31. The van der Waals surface area contributed by atoms with E-state index >= 15 is 0 Å². The molecule has 0 bridgehead atoms. The van der Waals surface area contributed by atoms with Gasteiger partial charge in [0.15, 0.2) is 11.4 Å². The Labute approximate surface area is 125 Å². The molecule has 0 unspecified atom stereocenters. The van der Waals surface area contributed by atoms with Crippen LogP contribution in [0.3, 0.4) is 0 Å². The molecule has 1 saturated carbocycles. The summed E-state index contributed by atoms with van der Waals surface area (Å²) in [6, 6.07) is 0. The predicted octanol–water partition coefficient (Wildman–Crippen LogP) is 1.38. The van der Waals surface area contributed by atoms with Crippen LogP contribution in [0.5, 0.6) is 0 Å². The van der Waals surface area contributed by atoms with Crippen molar-refractivity contribution in [2.24, 2.45) is 0 Å². The fraction of sp³-hybridized carbons (Fsp3) is 0.812. The van der Waals surface area contributed by atoms with Gasteiger partial charge < -0.3 is 19.3 Å².